The molecule has 0 aliphatic carbocycles. The zero-order valence-corrected chi connectivity index (χ0v) is 14.6. The maximum atomic E-state index is 12.1. The number of para-hydroxylation sites is 2. The maximum Gasteiger partial charge on any atom is 0.234 e. The summed E-state index contributed by atoms with van der Waals surface area (Å²) in [5.41, 5.74) is 2.09. The molecule has 1 amide bonds. The Morgan fingerprint density at radius 3 is 2.69 bits per heavy atom. The molecule has 26 heavy (non-hydrogen) atoms. The minimum absolute atomic E-state index is 0.0344. The first-order valence-electron chi connectivity index (χ1n) is 8.94. The average molecular weight is 353 g/mol. The third kappa shape index (κ3) is 4.12. The second-order valence-corrected chi connectivity index (χ2v) is 6.61. The van der Waals surface area contributed by atoms with Crippen LogP contribution in [0.3, 0.4) is 0 Å². The maximum absolute atomic E-state index is 12.1. The summed E-state index contributed by atoms with van der Waals surface area (Å²) in [7, 11) is 0. The highest BCUT2D eigenvalue weighted by Crippen LogP contribution is 2.13. The van der Waals surface area contributed by atoms with Gasteiger partial charge in [0.05, 0.1) is 36.9 Å². The Balaban J connectivity index is 1.21. The van der Waals surface area contributed by atoms with E-state index in [0.717, 1.165) is 55.3 Å². The summed E-state index contributed by atoms with van der Waals surface area (Å²) in [6.07, 6.45) is 1.61. The van der Waals surface area contributed by atoms with E-state index in [1.54, 1.807) is 6.26 Å². The van der Waals surface area contributed by atoms with Crippen molar-refractivity contribution in [2.75, 3.05) is 32.7 Å². The number of hydrogen-bond donors (Lipinski definition) is 2. The van der Waals surface area contributed by atoms with Crippen molar-refractivity contribution in [1.29, 1.82) is 0 Å². The van der Waals surface area contributed by atoms with Gasteiger partial charge in [-0.25, -0.2) is 4.98 Å². The molecule has 3 aromatic rings. The predicted molar refractivity (Wildman–Crippen MR) is 98.4 cm³/mol. The van der Waals surface area contributed by atoms with Gasteiger partial charge in [-0.1, -0.05) is 12.1 Å². The Bertz CT molecular complexity index is 817. The van der Waals surface area contributed by atoms with E-state index < -0.39 is 0 Å². The molecule has 1 aliphatic heterocycles. The van der Waals surface area contributed by atoms with Crippen LogP contribution < -0.4 is 5.32 Å². The molecule has 7 nitrogen and oxygen atoms in total. The molecule has 1 fully saturated rings. The molecule has 2 N–H and O–H groups in total. The van der Waals surface area contributed by atoms with Gasteiger partial charge in [0.25, 0.3) is 0 Å². The summed E-state index contributed by atoms with van der Waals surface area (Å²) in [6.45, 7) is 5.32. The third-order valence-electron chi connectivity index (χ3n) is 4.68. The summed E-state index contributed by atoms with van der Waals surface area (Å²) in [6, 6.07) is 11.8. The molecule has 1 aromatic carbocycles. The number of piperazine rings is 1. The van der Waals surface area contributed by atoms with Crippen molar-refractivity contribution in [1.82, 2.24) is 25.1 Å². The third-order valence-corrected chi connectivity index (χ3v) is 4.68. The Labute approximate surface area is 152 Å². The number of benzene rings is 1. The minimum atomic E-state index is 0.0344. The fraction of sp³-hybridized carbons (Fsp3) is 0.368. The number of nitrogens with one attached hydrogen (secondary N) is 2. The van der Waals surface area contributed by atoms with Gasteiger partial charge in [-0.15, -0.1) is 0 Å². The molecule has 7 heteroatoms. The number of amides is 1. The van der Waals surface area contributed by atoms with Gasteiger partial charge in [-0.2, -0.15) is 0 Å². The van der Waals surface area contributed by atoms with E-state index in [0.29, 0.717) is 13.1 Å². The molecule has 1 saturated heterocycles. The van der Waals surface area contributed by atoms with Gasteiger partial charge >= 0.3 is 0 Å². The predicted octanol–water partition coefficient (Wildman–Crippen LogP) is 1.59. The number of aromatic amines is 1. The molecule has 3 heterocycles. The van der Waals surface area contributed by atoms with Crippen LogP contribution in [0.15, 0.2) is 47.1 Å². The Hall–Kier alpha value is -2.64. The van der Waals surface area contributed by atoms with E-state index >= 15 is 0 Å². The van der Waals surface area contributed by atoms with Gasteiger partial charge in [0.2, 0.25) is 5.91 Å². The van der Waals surface area contributed by atoms with E-state index in [2.05, 4.69) is 25.1 Å². The smallest absolute Gasteiger partial charge is 0.234 e. The van der Waals surface area contributed by atoms with Crippen LogP contribution in [0.4, 0.5) is 0 Å². The highest BCUT2D eigenvalue weighted by molar-refractivity contribution is 5.78. The lowest BCUT2D eigenvalue weighted by atomic mass is 10.3. The standard InChI is InChI=1S/C19H23N5O2/c25-19(20-12-15-4-3-11-26-15)14-24-9-7-23(8-10-24)13-18-21-16-5-1-2-6-17(16)22-18/h1-6,11H,7-10,12-14H2,(H,20,25)(H,21,22). The number of imidazole rings is 1. The van der Waals surface area contributed by atoms with Crippen LogP contribution in [-0.4, -0.2) is 58.4 Å². The summed E-state index contributed by atoms with van der Waals surface area (Å²) < 4.78 is 5.22. The Kier molecular flexibility index (Phi) is 4.99. The molecule has 0 atom stereocenters. The second-order valence-electron chi connectivity index (χ2n) is 6.61. The normalized spacial score (nSPS) is 16.2. The van der Waals surface area contributed by atoms with E-state index in [1.807, 2.05) is 36.4 Å². The number of furan rings is 1. The first kappa shape index (κ1) is 16.8. The number of H-pyrrole nitrogens is 1. The largest absolute Gasteiger partial charge is 0.467 e. The fourth-order valence-electron chi connectivity index (χ4n) is 3.26. The lowest BCUT2D eigenvalue weighted by molar-refractivity contribution is -0.122. The number of fused-ring (bicyclic) bond motifs is 1. The molecule has 4 rings (SSSR count). The Morgan fingerprint density at radius 1 is 1.12 bits per heavy atom. The number of hydrogen-bond acceptors (Lipinski definition) is 5. The van der Waals surface area contributed by atoms with Crippen molar-refractivity contribution in [3.8, 4) is 0 Å². The van der Waals surface area contributed by atoms with Gasteiger partial charge in [-0.3, -0.25) is 14.6 Å². The van der Waals surface area contributed by atoms with Crippen molar-refractivity contribution < 1.29 is 9.21 Å². The zero-order chi connectivity index (χ0) is 17.8. The molecular formula is C19H23N5O2. The number of carbonyl (C=O) groups is 1. The van der Waals surface area contributed by atoms with E-state index in [9.17, 15) is 4.79 Å². The SMILES string of the molecule is O=C(CN1CCN(Cc2nc3ccccc3[nH]2)CC1)NCc1ccco1. The minimum Gasteiger partial charge on any atom is -0.467 e. The monoisotopic (exact) mass is 353 g/mol. The summed E-state index contributed by atoms with van der Waals surface area (Å²) in [5.74, 6) is 1.80. The van der Waals surface area contributed by atoms with Gasteiger partial charge in [-0.05, 0) is 24.3 Å². The quantitative estimate of drug-likeness (QED) is 0.704. The molecule has 0 spiro atoms. The first-order chi connectivity index (χ1) is 12.8. The van der Waals surface area contributed by atoms with Crippen molar-refractivity contribution in [3.05, 3.63) is 54.2 Å². The zero-order valence-electron chi connectivity index (χ0n) is 14.6. The highest BCUT2D eigenvalue weighted by atomic mass is 16.3. The van der Waals surface area contributed by atoms with Crippen LogP contribution in [0.1, 0.15) is 11.6 Å². The molecule has 0 bridgehead atoms. The average Bonchev–Trinajstić information content (AvgIpc) is 3.30. The molecule has 136 valence electrons. The van der Waals surface area contributed by atoms with Crippen LogP contribution in [0, 0.1) is 0 Å². The lowest BCUT2D eigenvalue weighted by Crippen LogP contribution is -2.49. The van der Waals surface area contributed by atoms with Crippen molar-refractivity contribution in [3.63, 3.8) is 0 Å². The number of carbonyl (C=O) groups excluding carboxylic acids is 1. The molecular weight excluding hydrogens is 330 g/mol. The van der Waals surface area contributed by atoms with E-state index in [-0.39, 0.29) is 5.91 Å². The highest BCUT2D eigenvalue weighted by Gasteiger charge is 2.20. The number of rotatable bonds is 6. The topological polar surface area (TPSA) is 77.4 Å². The number of nitrogens with zero attached hydrogens (tertiary/aromatic N) is 3. The summed E-state index contributed by atoms with van der Waals surface area (Å²) in [5, 5.41) is 2.90. The van der Waals surface area contributed by atoms with Crippen LogP contribution in [-0.2, 0) is 17.9 Å². The summed E-state index contributed by atoms with van der Waals surface area (Å²) in [4.78, 5) is 24.6. The van der Waals surface area contributed by atoms with Crippen molar-refractivity contribution >= 4 is 16.9 Å². The number of aromatic nitrogens is 2. The van der Waals surface area contributed by atoms with Crippen LogP contribution in [0.25, 0.3) is 11.0 Å². The van der Waals surface area contributed by atoms with E-state index in [1.165, 1.54) is 0 Å². The fourth-order valence-corrected chi connectivity index (χ4v) is 3.26. The van der Waals surface area contributed by atoms with Gasteiger partial charge in [0, 0.05) is 26.2 Å². The van der Waals surface area contributed by atoms with Crippen LogP contribution in [0.5, 0.6) is 0 Å². The van der Waals surface area contributed by atoms with E-state index in [4.69, 9.17) is 4.42 Å². The van der Waals surface area contributed by atoms with Gasteiger partial charge in [0.1, 0.15) is 11.6 Å². The molecule has 1 aliphatic rings. The van der Waals surface area contributed by atoms with Crippen LogP contribution in [0.2, 0.25) is 0 Å². The first-order valence-corrected chi connectivity index (χ1v) is 8.94. The molecule has 0 unspecified atom stereocenters. The van der Waals surface area contributed by atoms with Crippen molar-refractivity contribution in [2.24, 2.45) is 0 Å². The van der Waals surface area contributed by atoms with Gasteiger partial charge < -0.3 is 14.7 Å². The van der Waals surface area contributed by atoms with Gasteiger partial charge in [0.15, 0.2) is 0 Å². The molecule has 0 saturated carbocycles. The Morgan fingerprint density at radius 2 is 1.92 bits per heavy atom. The summed E-state index contributed by atoms with van der Waals surface area (Å²) >= 11 is 0. The molecule has 0 radical (unpaired) electrons. The lowest BCUT2D eigenvalue weighted by Gasteiger charge is -2.33. The van der Waals surface area contributed by atoms with Crippen LogP contribution >= 0.6 is 0 Å². The molecule has 2 aromatic heterocycles. The van der Waals surface area contributed by atoms with Crippen molar-refractivity contribution in [2.45, 2.75) is 13.1 Å². The second kappa shape index (κ2) is 7.72.